The van der Waals surface area contributed by atoms with Crippen molar-refractivity contribution in [3.63, 3.8) is 0 Å². The Balaban J connectivity index is 1.68. The van der Waals surface area contributed by atoms with Crippen molar-refractivity contribution >= 4 is 11.8 Å². The van der Waals surface area contributed by atoms with Gasteiger partial charge in [-0.15, -0.1) is 0 Å². The molecular weight excluding hydrogens is 360 g/mol. The Bertz CT molecular complexity index is 857. The molecule has 2 aromatic carbocycles. The van der Waals surface area contributed by atoms with Crippen molar-refractivity contribution < 1.29 is 9.59 Å². The Morgan fingerprint density at radius 3 is 2.41 bits per heavy atom. The number of nitrogens with one attached hydrogen (secondary N) is 1. The quantitative estimate of drug-likeness (QED) is 0.781. The van der Waals surface area contributed by atoms with E-state index in [0.717, 1.165) is 24.0 Å². The summed E-state index contributed by atoms with van der Waals surface area (Å²) in [5.74, 6) is 0.614. The van der Waals surface area contributed by atoms with E-state index in [-0.39, 0.29) is 30.3 Å². The van der Waals surface area contributed by atoms with E-state index in [0.29, 0.717) is 12.5 Å². The monoisotopic (exact) mass is 392 g/mol. The van der Waals surface area contributed by atoms with Gasteiger partial charge in [-0.3, -0.25) is 9.59 Å². The van der Waals surface area contributed by atoms with E-state index in [1.165, 1.54) is 11.1 Å². The lowest BCUT2D eigenvalue weighted by atomic mass is 9.90. The lowest BCUT2D eigenvalue weighted by molar-refractivity contribution is -0.133. The summed E-state index contributed by atoms with van der Waals surface area (Å²) in [6, 6.07) is 16.4. The largest absolute Gasteiger partial charge is 0.350 e. The molecule has 1 aliphatic rings. The first-order valence-corrected chi connectivity index (χ1v) is 10.6. The summed E-state index contributed by atoms with van der Waals surface area (Å²) in [5.41, 5.74) is 4.74. The first-order valence-electron chi connectivity index (χ1n) is 10.6. The smallest absolute Gasteiger partial charge is 0.222 e. The second kappa shape index (κ2) is 9.25. The molecule has 0 spiro atoms. The molecule has 0 radical (unpaired) electrons. The third-order valence-corrected chi connectivity index (χ3v) is 5.70. The topological polar surface area (TPSA) is 49.4 Å². The summed E-state index contributed by atoms with van der Waals surface area (Å²) < 4.78 is 0. The molecule has 0 aromatic heterocycles. The number of nitrogens with zero attached hydrogens (tertiary/aromatic N) is 1. The Hall–Kier alpha value is -2.62. The van der Waals surface area contributed by atoms with Crippen LogP contribution in [-0.4, -0.2) is 23.3 Å². The van der Waals surface area contributed by atoms with E-state index >= 15 is 0 Å². The van der Waals surface area contributed by atoms with Gasteiger partial charge in [-0.05, 0) is 47.9 Å². The normalized spacial score (nSPS) is 17.0. The molecule has 0 fully saturated rings. The van der Waals surface area contributed by atoms with E-state index in [9.17, 15) is 9.59 Å². The van der Waals surface area contributed by atoms with Crippen LogP contribution in [0.3, 0.4) is 0 Å². The molecule has 1 N–H and O–H groups in total. The van der Waals surface area contributed by atoms with Gasteiger partial charge in [0.1, 0.15) is 0 Å². The first-order chi connectivity index (χ1) is 13.8. The number of benzene rings is 2. The van der Waals surface area contributed by atoms with E-state index < -0.39 is 0 Å². The standard InChI is InChI=1S/C25H32N2O2/c1-17(2)15-20-9-11-21(12-10-20)18(3)26-25(29)16-24-23-8-6-5-7-22(23)13-14-27(24)19(4)28/h5-12,17-18,24H,13-16H2,1-4H3,(H,26,29). The molecule has 1 aliphatic heterocycles. The van der Waals surface area contributed by atoms with Crippen LogP contribution in [0.1, 0.15) is 68.5 Å². The number of rotatable bonds is 6. The molecule has 0 saturated carbocycles. The number of hydrogen-bond acceptors (Lipinski definition) is 2. The molecule has 2 amide bonds. The zero-order chi connectivity index (χ0) is 21.0. The highest BCUT2D eigenvalue weighted by Crippen LogP contribution is 2.32. The van der Waals surface area contributed by atoms with Gasteiger partial charge in [0.05, 0.1) is 18.5 Å². The van der Waals surface area contributed by atoms with Crippen LogP contribution in [0.4, 0.5) is 0 Å². The number of fused-ring (bicyclic) bond motifs is 1. The van der Waals surface area contributed by atoms with Crippen LogP contribution in [0, 0.1) is 5.92 Å². The lowest BCUT2D eigenvalue weighted by Gasteiger charge is -2.36. The number of carbonyl (C=O) groups is 2. The molecule has 3 rings (SSSR count). The van der Waals surface area contributed by atoms with E-state index in [1.807, 2.05) is 30.0 Å². The molecule has 1 heterocycles. The van der Waals surface area contributed by atoms with Gasteiger partial charge in [0.25, 0.3) is 0 Å². The van der Waals surface area contributed by atoms with Crippen LogP contribution >= 0.6 is 0 Å². The third kappa shape index (κ3) is 5.26. The highest BCUT2D eigenvalue weighted by molar-refractivity contribution is 5.80. The van der Waals surface area contributed by atoms with Crippen LogP contribution < -0.4 is 5.32 Å². The van der Waals surface area contributed by atoms with Gasteiger partial charge < -0.3 is 10.2 Å². The molecule has 2 aromatic rings. The Morgan fingerprint density at radius 1 is 1.07 bits per heavy atom. The summed E-state index contributed by atoms with van der Waals surface area (Å²) in [6.07, 6.45) is 2.18. The van der Waals surface area contributed by atoms with Crippen molar-refractivity contribution in [3.05, 3.63) is 70.8 Å². The van der Waals surface area contributed by atoms with Gasteiger partial charge in [-0.2, -0.15) is 0 Å². The number of amides is 2. The maximum atomic E-state index is 12.8. The molecule has 0 bridgehead atoms. The molecule has 0 saturated heterocycles. The minimum Gasteiger partial charge on any atom is -0.350 e. The van der Waals surface area contributed by atoms with Crippen molar-refractivity contribution in [1.29, 1.82) is 0 Å². The maximum absolute atomic E-state index is 12.8. The van der Waals surface area contributed by atoms with Crippen LogP contribution in [0.5, 0.6) is 0 Å². The molecule has 0 aliphatic carbocycles. The molecule has 4 heteroatoms. The van der Waals surface area contributed by atoms with Crippen molar-refractivity contribution in [1.82, 2.24) is 10.2 Å². The van der Waals surface area contributed by atoms with Gasteiger partial charge in [-0.25, -0.2) is 0 Å². The van der Waals surface area contributed by atoms with Crippen molar-refractivity contribution in [2.24, 2.45) is 5.92 Å². The molecule has 2 atom stereocenters. The number of carbonyl (C=O) groups excluding carboxylic acids is 2. The fourth-order valence-corrected chi connectivity index (χ4v) is 4.22. The highest BCUT2D eigenvalue weighted by Gasteiger charge is 2.30. The average molecular weight is 393 g/mol. The van der Waals surface area contributed by atoms with E-state index in [4.69, 9.17) is 0 Å². The summed E-state index contributed by atoms with van der Waals surface area (Å²) in [5, 5.41) is 3.12. The van der Waals surface area contributed by atoms with Gasteiger partial charge >= 0.3 is 0 Å². The first kappa shape index (κ1) is 21.1. The Labute approximate surface area is 174 Å². The minimum atomic E-state index is -0.196. The van der Waals surface area contributed by atoms with Gasteiger partial charge in [0.2, 0.25) is 11.8 Å². The van der Waals surface area contributed by atoms with Crippen LogP contribution in [0.2, 0.25) is 0 Å². The molecule has 154 valence electrons. The van der Waals surface area contributed by atoms with Gasteiger partial charge in [0.15, 0.2) is 0 Å². The highest BCUT2D eigenvalue weighted by atomic mass is 16.2. The molecule has 4 nitrogen and oxygen atoms in total. The fourth-order valence-electron chi connectivity index (χ4n) is 4.22. The Kier molecular flexibility index (Phi) is 6.73. The predicted molar refractivity (Wildman–Crippen MR) is 116 cm³/mol. The molecular formula is C25H32N2O2. The SMILES string of the molecule is CC(=O)N1CCc2ccccc2C1CC(=O)NC(C)c1ccc(CC(C)C)cc1. The molecule has 2 unspecified atom stereocenters. The van der Waals surface area contributed by atoms with E-state index in [2.05, 4.69) is 49.5 Å². The van der Waals surface area contributed by atoms with Crippen molar-refractivity contribution in [2.45, 2.75) is 59.0 Å². The predicted octanol–water partition coefficient (Wildman–Crippen LogP) is 4.60. The van der Waals surface area contributed by atoms with Crippen LogP contribution in [0.15, 0.2) is 48.5 Å². The summed E-state index contributed by atoms with van der Waals surface area (Å²) in [6.45, 7) is 8.68. The average Bonchev–Trinajstić information content (AvgIpc) is 2.68. The summed E-state index contributed by atoms with van der Waals surface area (Å²) >= 11 is 0. The maximum Gasteiger partial charge on any atom is 0.222 e. The van der Waals surface area contributed by atoms with Crippen LogP contribution in [-0.2, 0) is 22.4 Å². The van der Waals surface area contributed by atoms with Crippen molar-refractivity contribution in [2.75, 3.05) is 6.54 Å². The zero-order valence-corrected chi connectivity index (χ0v) is 17.9. The fraction of sp³-hybridized carbons (Fsp3) is 0.440. The van der Waals surface area contributed by atoms with Crippen molar-refractivity contribution in [3.8, 4) is 0 Å². The summed E-state index contributed by atoms with van der Waals surface area (Å²) in [4.78, 5) is 26.8. The lowest BCUT2D eigenvalue weighted by Crippen LogP contribution is -2.41. The zero-order valence-electron chi connectivity index (χ0n) is 17.9. The third-order valence-electron chi connectivity index (χ3n) is 5.70. The summed E-state index contributed by atoms with van der Waals surface area (Å²) in [7, 11) is 0. The van der Waals surface area contributed by atoms with Gasteiger partial charge in [0, 0.05) is 13.5 Å². The Morgan fingerprint density at radius 2 is 1.76 bits per heavy atom. The van der Waals surface area contributed by atoms with Crippen LogP contribution in [0.25, 0.3) is 0 Å². The number of hydrogen-bond donors (Lipinski definition) is 1. The molecule has 29 heavy (non-hydrogen) atoms. The minimum absolute atomic E-state index is 0.0195. The second-order valence-corrected chi connectivity index (χ2v) is 8.51. The second-order valence-electron chi connectivity index (χ2n) is 8.51. The van der Waals surface area contributed by atoms with E-state index in [1.54, 1.807) is 6.92 Å². The van der Waals surface area contributed by atoms with Gasteiger partial charge in [-0.1, -0.05) is 62.4 Å².